The highest BCUT2D eigenvalue weighted by Crippen LogP contribution is 2.31. The molecule has 2 aliphatic rings. The molecule has 4 rings (SSSR count). The van der Waals surface area contributed by atoms with Crippen LogP contribution in [-0.4, -0.2) is 44.4 Å². The van der Waals surface area contributed by atoms with Crippen molar-refractivity contribution in [2.45, 2.75) is 62.8 Å². The third kappa shape index (κ3) is 6.81. The topological polar surface area (TPSA) is 65.6 Å². The molecule has 190 valence electrons. The van der Waals surface area contributed by atoms with Crippen LogP contribution in [0.4, 0.5) is 29.3 Å². The number of amides is 2. The second-order valence-corrected chi connectivity index (χ2v) is 9.32. The Bertz CT molecular complexity index is 966. The number of nitrogens with zero attached hydrogens (tertiary/aromatic N) is 1. The minimum atomic E-state index is -4.33. The number of alkyl halides is 3. The van der Waals surface area contributed by atoms with E-state index in [1.54, 1.807) is 43.5 Å². The number of ether oxygens (including phenoxy) is 1. The normalized spacial score (nSPS) is 23.0. The first-order chi connectivity index (χ1) is 16.8. The van der Waals surface area contributed by atoms with Gasteiger partial charge in [0.1, 0.15) is 5.75 Å². The van der Waals surface area contributed by atoms with Crippen molar-refractivity contribution >= 4 is 17.4 Å². The van der Waals surface area contributed by atoms with Crippen molar-refractivity contribution in [3.63, 3.8) is 0 Å². The number of hydrogen-bond donors (Lipinski definition) is 3. The van der Waals surface area contributed by atoms with Crippen molar-refractivity contribution < 1.29 is 22.7 Å². The molecule has 2 aromatic rings. The summed E-state index contributed by atoms with van der Waals surface area (Å²) in [5, 5.41) is 9.77. The predicted octanol–water partition coefficient (Wildman–Crippen LogP) is 5.41. The number of piperidine rings is 1. The molecule has 2 fully saturated rings. The van der Waals surface area contributed by atoms with Crippen molar-refractivity contribution in [3.05, 3.63) is 54.1 Å². The van der Waals surface area contributed by atoms with E-state index in [2.05, 4.69) is 20.9 Å². The molecule has 1 saturated carbocycles. The first kappa shape index (κ1) is 25.2. The number of hydrogen-bond acceptors (Lipinski definition) is 4. The van der Waals surface area contributed by atoms with Gasteiger partial charge in [-0.1, -0.05) is 12.8 Å². The number of nitrogens with one attached hydrogen (secondary N) is 3. The molecule has 35 heavy (non-hydrogen) atoms. The standard InChI is InChI=1S/C26H33F3N4O2/c1-35-22-14-10-19(11-15-22)31-25(34)32-24-7-3-2-6-23(24)30-20-5-4-16-33(17-20)21-12-8-18(9-13-21)26(27,28)29/h8-15,20,23-24,30H,2-7,16-17H2,1H3,(H2,31,32,34). The summed E-state index contributed by atoms with van der Waals surface area (Å²) in [5.41, 5.74) is 0.877. The van der Waals surface area contributed by atoms with Crippen LogP contribution in [0.2, 0.25) is 0 Å². The van der Waals surface area contributed by atoms with E-state index < -0.39 is 11.7 Å². The van der Waals surface area contributed by atoms with Crippen LogP contribution in [0.1, 0.15) is 44.1 Å². The van der Waals surface area contributed by atoms with E-state index in [0.717, 1.165) is 75.2 Å². The molecule has 0 bridgehead atoms. The third-order valence-electron chi connectivity index (χ3n) is 6.86. The molecule has 0 spiro atoms. The Morgan fingerprint density at radius 2 is 1.63 bits per heavy atom. The molecule has 2 aromatic carbocycles. The monoisotopic (exact) mass is 490 g/mol. The summed E-state index contributed by atoms with van der Waals surface area (Å²) >= 11 is 0. The molecule has 1 aliphatic carbocycles. The molecule has 2 amide bonds. The van der Waals surface area contributed by atoms with Gasteiger partial charge in [0.2, 0.25) is 0 Å². The second kappa shape index (κ2) is 11.2. The van der Waals surface area contributed by atoms with E-state index in [-0.39, 0.29) is 24.2 Å². The van der Waals surface area contributed by atoms with Gasteiger partial charge in [-0.25, -0.2) is 4.79 Å². The van der Waals surface area contributed by atoms with Gasteiger partial charge in [-0.05, 0) is 74.2 Å². The van der Waals surface area contributed by atoms with Gasteiger partial charge in [0.25, 0.3) is 0 Å². The molecular formula is C26H33F3N4O2. The molecule has 1 saturated heterocycles. The number of carbonyl (C=O) groups excluding carboxylic acids is 1. The third-order valence-corrected chi connectivity index (χ3v) is 6.86. The van der Waals surface area contributed by atoms with Crippen LogP contribution < -0.4 is 25.6 Å². The van der Waals surface area contributed by atoms with Crippen LogP contribution >= 0.6 is 0 Å². The number of urea groups is 1. The van der Waals surface area contributed by atoms with Crippen molar-refractivity contribution in [1.29, 1.82) is 0 Å². The van der Waals surface area contributed by atoms with Gasteiger partial charge < -0.3 is 25.6 Å². The van der Waals surface area contributed by atoms with Crippen LogP contribution in [0.3, 0.4) is 0 Å². The van der Waals surface area contributed by atoms with Crippen molar-refractivity contribution in [1.82, 2.24) is 10.6 Å². The summed E-state index contributed by atoms with van der Waals surface area (Å²) < 4.78 is 43.9. The fourth-order valence-corrected chi connectivity index (χ4v) is 5.02. The van der Waals surface area contributed by atoms with Crippen LogP contribution in [-0.2, 0) is 6.18 Å². The summed E-state index contributed by atoms with van der Waals surface area (Å²) in [6.07, 6.45) is 1.68. The number of anilines is 2. The Kier molecular flexibility index (Phi) is 8.05. The highest BCUT2D eigenvalue weighted by atomic mass is 19.4. The lowest BCUT2D eigenvalue weighted by molar-refractivity contribution is -0.137. The van der Waals surface area contributed by atoms with Gasteiger partial charge in [-0.3, -0.25) is 0 Å². The van der Waals surface area contributed by atoms with Gasteiger partial charge in [0, 0.05) is 42.6 Å². The molecule has 3 N–H and O–H groups in total. The minimum absolute atomic E-state index is 0.0171. The second-order valence-electron chi connectivity index (χ2n) is 9.32. The number of benzene rings is 2. The van der Waals surface area contributed by atoms with Gasteiger partial charge in [-0.2, -0.15) is 13.2 Å². The quantitative estimate of drug-likeness (QED) is 0.507. The van der Waals surface area contributed by atoms with Crippen molar-refractivity contribution in [3.8, 4) is 5.75 Å². The highest BCUT2D eigenvalue weighted by Gasteiger charge is 2.32. The van der Waals surface area contributed by atoms with Crippen LogP contribution in [0.25, 0.3) is 0 Å². The Morgan fingerprint density at radius 3 is 2.29 bits per heavy atom. The Balaban J connectivity index is 1.32. The minimum Gasteiger partial charge on any atom is -0.497 e. The van der Waals surface area contributed by atoms with Gasteiger partial charge in [0.15, 0.2) is 0 Å². The molecule has 3 unspecified atom stereocenters. The summed E-state index contributed by atoms with van der Waals surface area (Å²) in [6, 6.07) is 12.7. The fraction of sp³-hybridized carbons (Fsp3) is 0.500. The van der Waals surface area contributed by atoms with Gasteiger partial charge in [-0.15, -0.1) is 0 Å². The number of methoxy groups -OCH3 is 1. The maximum atomic E-state index is 12.9. The lowest BCUT2D eigenvalue weighted by Crippen LogP contribution is -2.57. The molecule has 9 heteroatoms. The van der Waals surface area contributed by atoms with Crippen LogP contribution in [0.15, 0.2) is 48.5 Å². The first-order valence-electron chi connectivity index (χ1n) is 12.2. The number of rotatable bonds is 6. The molecule has 0 aromatic heterocycles. The van der Waals surface area contributed by atoms with E-state index in [1.807, 2.05) is 0 Å². The molecule has 3 atom stereocenters. The van der Waals surface area contributed by atoms with E-state index >= 15 is 0 Å². The van der Waals surface area contributed by atoms with Gasteiger partial charge in [0.05, 0.1) is 12.7 Å². The molecule has 1 aliphatic heterocycles. The zero-order valence-electron chi connectivity index (χ0n) is 19.9. The maximum absolute atomic E-state index is 12.9. The van der Waals surface area contributed by atoms with E-state index in [9.17, 15) is 18.0 Å². The average molecular weight is 491 g/mol. The SMILES string of the molecule is COc1ccc(NC(=O)NC2CCCCC2NC2CCCN(c3ccc(C(F)(F)F)cc3)C2)cc1. The summed E-state index contributed by atoms with van der Waals surface area (Å²) in [6.45, 7) is 1.55. The average Bonchev–Trinajstić information content (AvgIpc) is 2.85. The summed E-state index contributed by atoms with van der Waals surface area (Å²) in [7, 11) is 1.60. The Labute approximate surface area is 204 Å². The lowest BCUT2D eigenvalue weighted by Gasteiger charge is -2.40. The van der Waals surface area contributed by atoms with Crippen molar-refractivity contribution in [2.24, 2.45) is 0 Å². The maximum Gasteiger partial charge on any atom is 0.416 e. The van der Waals surface area contributed by atoms with Crippen LogP contribution in [0.5, 0.6) is 5.75 Å². The van der Waals surface area contributed by atoms with E-state index in [0.29, 0.717) is 5.69 Å². The fourth-order valence-electron chi connectivity index (χ4n) is 5.02. The van der Waals surface area contributed by atoms with Crippen LogP contribution in [0, 0.1) is 0 Å². The largest absolute Gasteiger partial charge is 0.497 e. The zero-order valence-corrected chi connectivity index (χ0v) is 19.9. The summed E-state index contributed by atoms with van der Waals surface area (Å²) in [5.74, 6) is 0.727. The number of carbonyl (C=O) groups is 1. The molecule has 6 nitrogen and oxygen atoms in total. The predicted molar refractivity (Wildman–Crippen MR) is 131 cm³/mol. The van der Waals surface area contributed by atoms with E-state index in [4.69, 9.17) is 4.74 Å². The molecule has 0 radical (unpaired) electrons. The number of halogens is 3. The Morgan fingerprint density at radius 1 is 0.943 bits per heavy atom. The summed E-state index contributed by atoms with van der Waals surface area (Å²) in [4.78, 5) is 14.8. The first-order valence-corrected chi connectivity index (χ1v) is 12.2. The molecule has 1 heterocycles. The van der Waals surface area contributed by atoms with E-state index in [1.165, 1.54) is 0 Å². The Hall–Kier alpha value is -2.94. The van der Waals surface area contributed by atoms with Crippen molar-refractivity contribution in [2.75, 3.05) is 30.4 Å². The highest BCUT2D eigenvalue weighted by molar-refractivity contribution is 5.89. The van der Waals surface area contributed by atoms with Gasteiger partial charge >= 0.3 is 12.2 Å². The smallest absolute Gasteiger partial charge is 0.416 e. The molecular weight excluding hydrogens is 457 g/mol. The lowest BCUT2D eigenvalue weighted by atomic mass is 9.89. The zero-order chi connectivity index (χ0) is 24.8.